The lowest BCUT2D eigenvalue weighted by Gasteiger charge is -2.44. The van der Waals surface area contributed by atoms with Gasteiger partial charge in [-0.25, -0.2) is 0 Å². The Morgan fingerprint density at radius 1 is 1.12 bits per heavy atom. The van der Waals surface area contributed by atoms with Crippen LogP contribution in [0.3, 0.4) is 0 Å². The fraction of sp³-hybridized carbons (Fsp3) is 1.00. The molecule has 1 rings (SSSR count). The Balaban J connectivity index is 2.76. The van der Waals surface area contributed by atoms with E-state index < -0.39 is 0 Å². The topological polar surface area (TPSA) is 35.2 Å². The molecule has 102 valence electrons. The fourth-order valence-corrected chi connectivity index (χ4v) is 3.88. The van der Waals surface area contributed by atoms with Gasteiger partial charge in [0.25, 0.3) is 0 Å². The molecule has 2 N–H and O–H groups in total. The van der Waals surface area contributed by atoms with Crippen LogP contribution in [0.4, 0.5) is 0 Å². The molecule has 1 fully saturated rings. The lowest BCUT2D eigenvalue weighted by Crippen LogP contribution is -2.54. The Labute approximate surface area is 107 Å². The monoisotopic (exact) mass is 241 g/mol. The molecular weight excluding hydrogens is 210 g/mol. The van der Waals surface area contributed by atoms with Crippen LogP contribution in [-0.2, 0) is 4.74 Å². The first-order chi connectivity index (χ1) is 7.99. The maximum absolute atomic E-state index is 6.56. The molecular formula is C15H31NO. The second-order valence-corrected chi connectivity index (χ2v) is 6.18. The summed E-state index contributed by atoms with van der Waals surface area (Å²) in [5.41, 5.74) is 6.45. The SMILES string of the molecule is CCC(CC)(OC)C(N)C1CC(C)CC(C)C1. The van der Waals surface area contributed by atoms with E-state index in [1.54, 1.807) is 0 Å². The highest BCUT2D eigenvalue weighted by Crippen LogP contribution is 2.39. The average molecular weight is 241 g/mol. The maximum Gasteiger partial charge on any atom is 0.0826 e. The Hall–Kier alpha value is -0.0800. The van der Waals surface area contributed by atoms with Crippen molar-refractivity contribution in [3.8, 4) is 0 Å². The van der Waals surface area contributed by atoms with Crippen molar-refractivity contribution < 1.29 is 4.74 Å². The third-order valence-electron chi connectivity index (χ3n) is 4.93. The summed E-state index contributed by atoms with van der Waals surface area (Å²) < 4.78 is 5.80. The first kappa shape index (κ1) is 15.0. The predicted molar refractivity (Wildman–Crippen MR) is 74.0 cm³/mol. The van der Waals surface area contributed by atoms with Gasteiger partial charge in [-0.3, -0.25) is 0 Å². The van der Waals surface area contributed by atoms with Crippen molar-refractivity contribution in [2.45, 2.75) is 71.4 Å². The summed E-state index contributed by atoms with van der Waals surface area (Å²) in [4.78, 5) is 0. The third-order valence-corrected chi connectivity index (χ3v) is 4.93. The molecule has 0 aliphatic heterocycles. The minimum absolute atomic E-state index is 0.110. The number of methoxy groups -OCH3 is 1. The molecule has 0 spiro atoms. The van der Waals surface area contributed by atoms with E-state index in [9.17, 15) is 0 Å². The zero-order valence-electron chi connectivity index (χ0n) is 12.3. The average Bonchev–Trinajstić information content (AvgIpc) is 2.30. The largest absolute Gasteiger partial charge is 0.377 e. The van der Waals surface area contributed by atoms with Gasteiger partial charge in [0.05, 0.1) is 5.60 Å². The molecule has 1 aliphatic carbocycles. The molecule has 17 heavy (non-hydrogen) atoms. The number of nitrogens with two attached hydrogens (primary N) is 1. The fourth-order valence-electron chi connectivity index (χ4n) is 3.88. The van der Waals surface area contributed by atoms with E-state index >= 15 is 0 Å². The Morgan fingerprint density at radius 2 is 1.59 bits per heavy atom. The van der Waals surface area contributed by atoms with Gasteiger partial charge in [-0.05, 0) is 49.9 Å². The van der Waals surface area contributed by atoms with Crippen LogP contribution in [0.1, 0.15) is 59.8 Å². The summed E-state index contributed by atoms with van der Waals surface area (Å²) in [6.07, 6.45) is 5.94. The maximum atomic E-state index is 6.56. The lowest BCUT2D eigenvalue weighted by molar-refractivity contribution is -0.0603. The van der Waals surface area contributed by atoms with Gasteiger partial charge in [0.15, 0.2) is 0 Å². The zero-order chi connectivity index (χ0) is 13.1. The highest BCUT2D eigenvalue weighted by Gasteiger charge is 2.40. The zero-order valence-corrected chi connectivity index (χ0v) is 12.3. The number of hydrogen-bond acceptors (Lipinski definition) is 2. The Kier molecular flexibility index (Phi) is 5.46. The molecule has 0 bridgehead atoms. The van der Waals surface area contributed by atoms with Crippen molar-refractivity contribution in [3.63, 3.8) is 0 Å². The van der Waals surface area contributed by atoms with Gasteiger partial charge < -0.3 is 10.5 Å². The van der Waals surface area contributed by atoms with Crippen LogP contribution >= 0.6 is 0 Å². The molecule has 3 unspecified atom stereocenters. The molecule has 1 aliphatic rings. The van der Waals surface area contributed by atoms with Gasteiger partial charge in [0, 0.05) is 13.2 Å². The number of hydrogen-bond donors (Lipinski definition) is 1. The highest BCUT2D eigenvalue weighted by atomic mass is 16.5. The Bertz CT molecular complexity index is 207. The molecule has 0 radical (unpaired) electrons. The minimum Gasteiger partial charge on any atom is -0.377 e. The van der Waals surface area contributed by atoms with E-state index in [-0.39, 0.29) is 11.6 Å². The summed E-state index contributed by atoms with van der Waals surface area (Å²) in [5, 5.41) is 0. The minimum atomic E-state index is -0.110. The smallest absolute Gasteiger partial charge is 0.0826 e. The van der Waals surface area contributed by atoms with Gasteiger partial charge in [-0.2, -0.15) is 0 Å². The standard InChI is InChI=1S/C15H31NO/c1-6-15(7-2,17-5)14(16)13-9-11(3)8-12(4)10-13/h11-14H,6-10,16H2,1-5H3. The van der Waals surface area contributed by atoms with Crippen molar-refractivity contribution in [1.82, 2.24) is 0 Å². The first-order valence-electron chi connectivity index (χ1n) is 7.29. The first-order valence-corrected chi connectivity index (χ1v) is 7.29. The van der Waals surface area contributed by atoms with Crippen LogP contribution in [0, 0.1) is 17.8 Å². The highest BCUT2D eigenvalue weighted by molar-refractivity contribution is 4.95. The Morgan fingerprint density at radius 3 is 1.94 bits per heavy atom. The lowest BCUT2D eigenvalue weighted by atomic mass is 9.69. The molecule has 0 aromatic carbocycles. The van der Waals surface area contributed by atoms with Crippen LogP contribution in [0.5, 0.6) is 0 Å². The van der Waals surface area contributed by atoms with E-state index in [0.717, 1.165) is 24.7 Å². The molecule has 0 amide bonds. The molecule has 0 heterocycles. The molecule has 2 nitrogen and oxygen atoms in total. The van der Waals surface area contributed by atoms with Gasteiger partial charge in [-0.15, -0.1) is 0 Å². The predicted octanol–water partition coefficient (Wildman–Crippen LogP) is 3.59. The van der Waals surface area contributed by atoms with E-state index in [1.807, 2.05) is 7.11 Å². The van der Waals surface area contributed by atoms with Crippen molar-refractivity contribution >= 4 is 0 Å². The third kappa shape index (κ3) is 3.23. The van der Waals surface area contributed by atoms with E-state index in [4.69, 9.17) is 10.5 Å². The molecule has 1 saturated carbocycles. The van der Waals surface area contributed by atoms with Gasteiger partial charge >= 0.3 is 0 Å². The van der Waals surface area contributed by atoms with Gasteiger partial charge in [0.1, 0.15) is 0 Å². The summed E-state index contributed by atoms with van der Waals surface area (Å²) in [5.74, 6) is 2.27. The van der Waals surface area contributed by atoms with Crippen LogP contribution in [0.25, 0.3) is 0 Å². The molecule has 0 saturated heterocycles. The number of rotatable bonds is 5. The van der Waals surface area contributed by atoms with Crippen LogP contribution < -0.4 is 5.73 Å². The molecule has 0 aromatic heterocycles. The molecule has 2 heteroatoms. The second kappa shape index (κ2) is 6.19. The van der Waals surface area contributed by atoms with E-state index in [1.165, 1.54) is 19.3 Å². The summed E-state index contributed by atoms with van der Waals surface area (Å²) in [7, 11) is 1.82. The van der Waals surface area contributed by atoms with Crippen molar-refractivity contribution in [2.24, 2.45) is 23.5 Å². The van der Waals surface area contributed by atoms with Gasteiger partial charge in [0.2, 0.25) is 0 Å². The van der Waals surface area contributed by atoms with Crippen molar-refractivity contribution in [2.75, 3.05) is 7.11 Å². The summed E-state index contributed by atoms with van der Waals surface area (Å²) >= 11 is 0. The second-order valence-electron chi connectivity index (χ2n) is 6.18. The van der Waals surface area contributed by atoms with Crippen molar-refractivity contribution in [3.05, 3.63) is 0 Å². The van der Waals surface area contributed by atoms with Crippen LogP contribution in [-0.4, -0.2) is 18.8 Å². The van der Waals surface area contributed by atoms with E-state index in [0.29, 0.717) is 5.92 Å². The number of ether oxygens (including phenoxy) is 1. The summed E-state index contributed by atoms with van der Waals surface area (Å²) in [6.45, 7) is 9.12. The normalized spacial score (nSPS) is 32.5. The molecule has 3 atom stereocenters. The van der Waals surface area contributed by atoms with Crippen LogP contribution in [0.2, 0.25) is 0 Å². The van der Waals surface area contributed by atoms with Crippen LogP contribution in [0.15, 0.2) is 0 Å². The summed E-state index contributed by atoms with van der Waals surface area (Å²) in [6, 6.07) is 0.188. The quantitative estimate of drug-likeness (QED) is 0.798. The van der Waals surface area contributed by atoms with Gasteiger partial charge in [-0.1, -0.05) is 27.7 Å². The van der Waals surface area contributed by atoms with E-state index in [2.05, 4.69) is 27.7 Å². The van der Waals surface area contributed by atoms with Crippen molar-refractivity contribution in [1.29, 1.82) is 0 Å². The molecule has 0 aromatic rings.